The van der Waals surface area contributed by atoms with Crippen LogP contribution in [-0.4, -0.2) is 49.5 Å². The summed E-state index contributed by atoms with van der Waals surface area (Å²) in [6, 6.07) is 7.86. The summed E-state index contributed by atoms with van der Waals surface area (Å²) in [6.45, 7) is 5.88. The molecule has 5 nitrogen and oxygen atoms in total. The van der Waals surface area contributed by atoms with Crippen LogP contribution < -0.4 is 10.6 Å². The first kappa shape index (κ1) is 18.6. The molecule has 0 radical (unpaired) electrons. The van der Waals surface area contributed by atoms with E-state index in [1.54, 1.807) is 0 Å². The number of carbonyl (C=O) groups is 1. The maximum atomic E-state index is 12.0. The summed E-state index contributed by atoms with van der Waals surface area (Å²) >= 11 is 6.17. The van der Waals surface area contributed by atoms with E-state index in [4.69, 9.17) is 11.6 Å². The monoisotopic (exact) mass is 350 g/mol. The first-order valence-corrected chi connectivity index (χ1v) is 9.12. The Balaban J connectivity index is 1.75. The number of hydrogen-bond donors (Lipinski definition) is 2. The zero-order valence-electron chi connectivity index (χ0n) is 14.4. The second-order valence-corrected chi connectivity index (χ2v) is 6.27. The summed E-state index contributed by atoms with van der Waals surface area (Å²) in [6.07, 6.45) is 3.56. The number of halogens is 1. The first-order valence-electron chi connectivity index (χ1n) is 8.74. The number of likely N-dealkylation sites (tertiary alicyclic amines) is 1. The van der Waals surface area contributed by atoms with Crippen LogP contribution in [0.1, 0.15) is 31.7 Å². The van der Waals surface area contributed by atoms with E-state index in [2.05, 4.69) is 15.6 Å². The van der Waals surface area contributed by atoms with Crippen LogP contribution in [0.25, 0.3) is 0 Å². The first-order chi connectivity index (χ1) is 11.7. The number of carbonyl (C=O) groups excluding carboxylic acids is 1. The number of aliphatic imine (C=N–C) groups is 1. The van der Waals surface area contributed by atoms with Crippen molar-refractivity contribution in [2.24, 2.45) is 4.99 Å². The molecule has 1 heterocycles. The number of nitrogens with one attached hydrogen (secondary N) is 2. The highest BCUT2D eigenvalue weighted by atomic mass is 35.5. The van der Waals surface area contributed by atoms with Gasteiger partial charge in [0.25, 0.3) is 0 Å². The highest BCUT2D eigenvalue weighted by Gasteiger charge is 2.16. The molecule has 0 unspecified atom stereocenters. The predicted molar refractivity (Wildman–Crippen MR) is 99.6 cm³/mol. The summed E-state index contributed by atoms with van der Waals surface area (Å²) in [5, 5.41) is 7.29. The van der Waals surface area contributed by atoms with Crippen molar-refractivity contribution in [1.82, 2.24) is 15.5 Å². The van der Waals surface area contributed by atoms with Crippen molar-refractivity contribution < 1.29 is 4.79 Å². The second kappa shape index (κ2) is 10.2. The molecule has 6 heteroatoms. The zero-order valence-corrected chi connectivity index (χ0v) is 15.1. The Labute approximate surface area is 149 Å². The summed E-state index contributed by atoms with van der Waals surface area (Å²) in [7, 11) is 0. The molecule has 0 aromatic heterocycles. The standard InChI is InChI=1S/C18H27ClN4O/c1-2-20-18(21-11-9-15-7-3-4-8-16(15)19)22-12-10-17(24)23-13-5-6-14-23/h3-4,7-8H,2,5-6,9-14H2,1H3,(H2,20,21,22). The van der Waals surface area contributed by atoms with Crippen molar-refractivity contribution >= 4 is 23.5 Å². The van der Waals surface area contributed by atoms with Gasteiger partial charge in [-0.1, -0.05) is 29.8 Å². The smallest absolute Gasteiger partial charge is 0.224 e. The van der Waals surface area contributed by atoms with Crippen molar-refractivity contribution in [2.45, 2.75) is 32.6 Å². The number of hydrogen-bond acceptors (Lipinski definition) is 2. The average Bonchev–Trinajstić information content (AvgIpc) is 3.11. The number of benzene rings is 1. The minimum absolute atomic E-state index is 0.211. The van der Waals surface area contributed by atoms with Crippen molar-refractivity contribution in [3.8, 4) is 0 Å². The fraction of sp³-hybridized carbons (Fsp3) is 0.556. The number of amides is 1. The van der Waals surface area contributed by atoms with Crippen LogP contribution in [0.5, 0.6) is 0 Å². The SMILES string of the molecule is CCNC(=NCCC(=O)N1CCCC1)NCCc1ccccc1Cl. The van der Waals surface area contributed by atoms with Crippen molar-refractivity contribution in [3.63, 3.8) is 0 Å². The molecular formula is C18H27ClN4O. The Bertz CT molecular complexity index is 556. The quantitative estimate of drug-likeness (QED) is 0.586. The molecule has 0 aliphatic carbocycles. The number of rotatable bonds is 7. The van der Waals surface area contributed by atoms with Gasteiger partial charge in [-0.05, 0) is 37.8 Å². The molecule has 1 fully saturated rings. The Hall–Kier alpha value is -1.75. The summed E-state index contributed by atoms with van der Waals surface area (Å²) in [4.78, 5) is 18.5. The minimum Gasteiger partial charge on any atom is -0.357 e. The highest BCUT2D eigenvalue weighted by Crippen LogP contribution is 2.14. The lowest BCUT2D eigenvalue weighted by Gasteiger charge is -2.15. The largest absolute Gasteiger partial charge is 0.357 e. The van der Waals surface area contributed by atoms with Crippen LogP contribution >= 0.6 is 11.6 Å². The fourth-order valence-electron chi connectivity index (χ4n) is 2.75. The third kappa shape index (κ3) is 6.04. The third-order valence-electron chi connectivity index (χ3n) is 4.04. The van der Waals surface area contributed by atoms with Gasteiger partial charge in [0, 0.05) is 37.6 Å². The second-order valence-electron chi connectivity index (χ2n) is 5.87. The van der Waals surface area contributed by atoms with Crippen molar-refractivity contribution in [3.05, 3.63) is 34.9 Å². The van der Waals surface area contributed by atoms with Crippen molar-refractivity contribution in [2.75, 3.05) is 32.7 Å². The lowest BCUT2D eigenvalue weighted by atomic mass is 10.1. The van der Waals surface area contributed by atoms with Crippen LogP contribution in [0.15, 0.2) is 29.3 Å². The van der Waals surface area contributed by atoms with Gasteiger partial charge in [-0.2, -0.15) is 0 Å². The van der Waals surface area contributed by atoms with Crippen LogP contribution in [0.2, 0.25) is 5.02 Å². The maximum Gasteiger partial charge on any atom is 0.224 e. The molecule has 1 aliphatic heterocycles. The molecule has 1 aromatic rings. The van der Waals surface area contributed by atoms with Gasteiger partial charge in [0.1, 0.15) is 0 Å². The van der Waals surface area contributed by atoms with E-state index in [1.165, 1.54) is 0 Å². The van der Waals surface area contributed by atoms with Gasteiger partial charge in [0.05, 0.1) is 6.54 Å². The van der Waals surface area contributed by atoms with Gasteiger partial charge in [-0.15, -0.1) is 0 Å². The molecule has 1 saturated heterocycles. The van der Waals surface area contributed by atoms with E-state index in [1.807, 2.05) is 36.1 Å². The summed E-state index contributed by atoms with van der Waals surface area (Å²) in [5.74, 6) is 0.960. The van der Waals surface area contributed by atoms with Gasteiger partial charge >= 0.3 is 0 Å². The lowest BCUT2D eigenvalue weighted by Crippen LogP contribution is -2.38. The third-order valence-corrected chi connectivity index (χ3v) is 4.41. The van der Waals surface area contributed by atoms with Crippen LogP contribution in [0.4, 0.5) is 0 Å². The Morgan fingerprint density at radius 1 is 1.25 bits per heavy atom. The fourth-order valence-corrected chi connectivity index (χ4v) is 2.98. The molecule has 1 amide bonds. The van der Waals surface area contributed by atoms with Crippen LogP contribution in [0.3, 0.4) is 0 Å². The van der Waals surface area contributed by atoms with Crippen LogP contribution in [0, 0.1) is 0 Å². The molecule has 132 valence electrons. The van der Waals surface area contributed by atoms with E-state index in [0.29, 0.717) is 13.0 Å². The molecule has 0 atom stereocenters. The minimum atomic E-state index is 0.211. The van der Waals surface area contributed by atoms with Crippen LogP contribution in [-0.2, 0) is 11.2 Å². The van der Waals surface area contributed by atoms with Gasteiger partial charge in [0.2, 0.25) is 5.91 Å². The molecule has 1 aromatic carbocycles. The highest BCUT2D eigenvalue weighted by molar-refractivity contribution is 6.31. The molecule has 0 saturated carbocycles. The maximum absolute atomic E-state index is 12.0. The molecular weight excluding hydrogens is 324 g/mol. The van der Waals surface area contributed by atoms with Gasteiger partial charge in [0.15, 0.2) is 5.96 Å². The van der Waals surface area contributed by atoms with Gasteiger partial charge in [-0.25, -0.2) is 0 Å². The zero-order chi connectivity index (χ0) is 17.2. The number of nitrogens with zero attached hydrogens (tertiary/aromatic N) is 2. The van der Waals surface area contributed by atoms with Gasteiger partial charge in [-0.3, -0.25) is 9.79 Å². The van der Waals surface area contributed by atoms with E-state index in [-0.39, 0.29) is 5.91 Å². The Morgan fingerprint density at radius 3 is 2.71 bits per heavy atom. The molecule has 2 rings (SSSR count). The lowest BCUT2D eigenvalue weighted by molar-refractivity contribution is -0.129. The van der Waals surface area contributed by atoms with E-state index in [9.17, 15) is 4.79 Å². The normalized spacial score (nSPS) is 14.8. The summed E-state index contributed by atoms with van der Waals surface area (Å²) < 4.78 is 0. The topological polar surface area (TPSA) is 56.7 Å². The Kier molecular flexibility index (Phi) is 7.89. The molecule has 2 N–H and O–H groups in total. The Morgan fingerprint density at radius 2 is 2.00 bits per heavy atom. The van der Waals surface area contributed by atoms with E-state index < -0.39 is 0 Å². The van der Waals surface area contributed by atoms with Crippen molar-refractivity contribution in [1.29, 1.82) is 0 Å². The molecule has 24 heavy (non-hydrogen) atoms. The average molecular weight is 351 g/mol. The predicted octanol–water partition coefficient (Wildman–Crippen LogP) is 2.45. The van der Waals surface area contributed by atoms with E-state index in [0.717, 1.165) is 62.0 Å². The summed E-state index contributed by atoms with van der Waals surface area (Å²) in [5.41, 5.74) is 1.12. The molecule has 0 bridgehead atoms. The number of guanidine groups is 1. The molecule has 0 spiro atoms. The molecule has 1 aliphatic rings. The van der Waals surface area contributed by atoms with Gasteiger partial charge < -0.3 is 15.5 Å². The van der Waals surface area contributed by atoms with E-state index >= 15 is 0 Å².